The Bertz CT molecular complexity index is 251. The standard InChI is InChI=1S/C17H31N.C2H6/c1-16(2)11-7-6-10-14-18(3)15-17-12-8-4-5-9-13-17;1-2/h4-5,11,17H,6-10,12-15H2,1-3H3;1-2H3. The lowest BCUT2D eigenvalue weighted by Gasteiger charge is -2.22. The number of nitrogens with zero attached hydrogens (tertiary/aromatic N) is 1. The number of rotatable bonds is 7. The molecule has 20 heavy (non-hydrogen) atoms. The third-order valence-electron chi connectivity index (χ3n) is 3.77. The summed E-state index contributed by atoms with van der Waals surface area (Å²) in [5.74, 6) is 0.919. The molecule has 1 nitrogen and oxygen atoms in total. The molecule has 0 saturated heterocycles. The smallest absolute Gasteiger partial charge is 0.000683 e. The van der Waals surface area contributed by atoms with Gasteiger partial charge in [0.05, 0.1) is 0 Å². The monoisotopic (exact) mass is 279 g/mol. The first-order chi connectivity index (χ1) is 9.68. The maximum Gasteiger partial charge on any atom is 0.000683 e. The summed E-state index contributed by atoms with van der Waals surface area (Å²) in [6.07, 6.45) is 16.4. The first kappa shape index (κ1) is 19.4. The van der Waals surface area contributed by atoms with Crippen LogP contribution in [0, 0.1) is 5.92 Å². The maximum absolute atomic E-state index is 2.54. The third kappa shape index (κ3) is 11.3. The van der Waals surface area contributed by atoms with Crippen molar-refractivity contribution in [3.63, 3.8) is 0 Å². The molecule has 0 aliphatic heterocycles. The van der Waals surface area contributed by atoms with Gasteiger partial charge in [-0.2, -0.15) is 0 Å². The highest BCUT2D eigenvalue weighted by molar-refractivity contribution is 4.92. The maximum atomic E-state index is 2.54. The molecule has 0 aromatic heterocycles. The molecule has 1 aliphatic rings. The molecule has 118 valence electrons. The van der Waals surface area contributed by atoms with Gasteiger partial charge in [-0.05, 0) is 78.3 Å². The third-order valence-corrected chi connectivity index (χ3v) is 3.77. The number of allylic oxidation sites excluding steroid dienone is 4. The van der Waals surface area contributed by atoms with Crippen LogP contribution in [0.25, 0.3) is 0 Å². The molecule has 0 fully saturated rings. The van der Waals surface area contributed by atoms with Gasteiger partial charge >= 0.3 is 0 Å². The van der Waals surface area contributed by atoms with Crippen LogP contribution in [0.5, 0.6) is 0 Å². The molecule has 0 heterocycles. The Labute approximate surface area is 128 Å². The fourth-order valence-corrected chi connectivity index (χ4v) is 2.68. The minimum atomic E-state index is 0.919. The Kier molecular flexibility index (Phi) is 13.0. The van der Waals surface area contributed by atoms with E-state index in [1.54, 1.807) is 0 Å². The van der Waals surface area contributed by atoms with E-state index in [-0.39, 0.29) is 0 Å². The molecule has 0 radical (unpaired) electrons. The summed E-state index contributed by atoms with van der Waals surface area (Å²) in [6.45, 7) is 10.9. The predicted molar refractivity (Wildman–Crippen MR) is 93.2 cm³/mol. The molecule has 0 atom stereocenters. The Morgan fingerprint density at radius 2 is 1.70 bits per heavy atom. The minimum absolute atomic E-state index is 0.919. The van der Waals surface area contributed by atoms with Crippen molar-refractivity contribution < 1.29 is 0 Å². The average Bonchev–Trinajstić information content (AvgIpc) is 2.69. The van der Waals surface area contributed by atoms with Gasteiger partial charge < -0.3 is 4.90 Å². The average molecular weight is 280 g/mol. The summed E-state index contributed by atoms with van der Waals surface area (Å²) >= 11 is 0. The van der Waals surface area contributed by atoms with Gasteiger partial charge in [0.15, 0.2) is 0 Å². The van der Waals surface area contributed by atoms with E-state index in [0.717, 1.165) is 5.92 Å². The SMILES string of the molecule is CC.CC(C)=CCCCCN(C)CC1CCC=CCC1. The zero-order chi connectivity index (χ0) is 15.2. The summed E-state index contributed by atoms with van der Waals surface area (Å²) in [5, 5.41) is 0. The van der Waals surface area contributed by atoms with E-state index < -0.39 is 0 Å². The van der Waals surface area contributed by atoms with Crippen molar-refractivity contribution in [2.75, 3.05) is 20.1 Å². The van der Waals surface area contributed by atoms with Gasteiger partial charge in [-0.25, -0.2) is 0 Å². The van der Waals surface area contributed by atoms with Crippen molar-refractivity contribution in [3.05, 3.63) is 23.8 Å². The van der Waals surface area contributed by atoms with Crippen LogP contribution >= 0.6 is 0 Å². The lowest BCUT2D eigenvalue weighted by atomic mass is 9.99. The van der Waals surface area contributed by atoms with Crippen molar-refractivity contribution in [1.82, 2.24) is 4.90 Å². The second-order valence-corrected chi connectivity index (χ2v) is 6.03. The van der Waals surface area contributed by atoms with Crippen LogP contribution in [0.4, 0.5) is 0 Å². The first-order valence-electron chi connectivity index (χ1n) is 8.65. The normalized spacial score (nSPS) is 15.5. The molecule has 1 heteroatoms. The van der Waals surface area contributed by atoms with Crippen LogP contribution in [0.1, 0.15) is 72.6 Å². The van der Waals surface area contributed by atoms with Crippen molar-refractivity contribution >= 4 is 0 Å². The first-order valence-corrected chi connectivity index (χ1v) is 8.65. The second kappa shape index (κ2) is 13.4. The van der Waals surface area contributed by atoms with Crippen molar-refractivity contribution in [3.8, 4) is 0 Å². The van der Waals surface area contributed by atoms with Crippen LogP contribution < -0.4 is 0 Å². The molecule has 0 spiro atoms. The molecule has 0 bridgehead atoms. The molecule has 1 aliphatic carbocycles. The Balaban J connectivity index is 0.00000172. The zero-order valence-corrected chi connectivity index (χ0v) is 14.6. The van der Waals surface area contributed by atoms with E-state index in [2.05, 4.69) is 44.0 Å². The molecule has 1 rings (SSSR count). The van der Waals surface area contributed by atoms with E-state index in [0.29, 0.717) is 0 Å². The lowest BCUT2D eigenvalue weighted by Crippen LogP contribution is -2.26. The molecule has 0 N–H and O–H groups in total. The highest BCUT2D eigenvalue weighted by Crippen LogP contribution is 2.19. The molecule has 0 saturated carbocycles. The summed E-state index contributed by atoms with van der Waals surface area (Å²) in [5.41, 5.74) is 1.45. The Hall–Kier alpha value is -0.560. The van der Waals surface area contributed by atoms with Gasteiger partial charge in [-0.3, -0.25) is 0 Å². The van der Waals surface area contributed by atoms with Gasteiger partial charge in [0.1, 0.15) is 0 Å². The van der Waals surface area contributed by atoms with Crippen LogP contribution in [-0.2, 0) is 0 Å². The fourth-order valence-electron chi connectivity index (χ4n) is 2.68. The minimum Gasteiger partial charge on any atom is -0.306 e. The lowest BCUT2D eigenvalue weighted by molar-refractivity contribution is 0.257. The zero-order valence-electron chi connectivity index (χ0n) is 14.6. The second-order valence-electron chi connectivity index (χ2n) is 6.03. The predicted octanol–water partition coefficient (Wildman–Crippen LogP) is 5.83. The van der Waals surface area contributed by atoms with Crippen LogP contribution in [0.15, 0.2) is 23.8 Å². The van der Waals surface area contributed by atoms with E-state index in [1.807, 2.05) is 13.8 Å². The number of hydrogen-bond donors (Lipinski definition) is 0. The fraction of sp³-hybridized carbons (Fsp3) is 0.789. The van der Waals surface area contributed by atoms with E-state index in [1.165, 1.54) is 63.6 Å². The summed E-state index contributed by atoms with van der Waals surface area (Å²) in [4.78, 5) is 2.54. The van der Waals surface area contributed by atoms with E-state index in [9.17, 15) is 0 Å². The summed E-state index contributed by atoms with van der Waals surface area (Å²) in [7, 11) is 2.29. The quantitative estimate of drug-likeness (QED) is 0.419. The molecular formula is C19H37N. The van der Waals surface area contributed by atoms with Crippen molar-refractivity contribution in [2.24, 2.45) is 5.92 Å². The molecule has 0 unspecified atom stereocenters. The van der Waals surface area contributed by atoms with E-state index in [4.69, 9.17) is 0 Å². The van der Waals surface area contributed by atoms with Crippen molar-refractivity contribution in [2.45, 2.75) is 72.6 Å². The number of hydrogen-bond acceptors (Lipinski definition) is 1. The molecular weight excluding hydrogens is 242 g/mol. The van der Waals surface area contributed by atoms with Crippen LogP contribution in [0.2, 0.25) is 0 Å². The van der Waals surface area contributed by atoms with Crippen LogP contribution in [-0.4, -0.2) is 25.0 Å². The van der Waals surface area contributed by atoms with E-state index >= 15 is 0 Å². The Morgan fingerprint density at radius 3 is 2.25 bits per heavy atom. The topological polar surface area (TPSA) is 3.24 Å². The Morgan fingerprint density at radius 1 is 1.10 bits per heavy atom. The summed E-state index contributed by atoms with van der Waals surface area (Å²) < 4.78 is 0. The largest absolute Gasteiger partial charge is 0.306 e. The highest BCUT2D eigenvalue weighted by Gasteiger charge is 2.11. The van der Waals surface area contributed by atoms with Gasteiger partial charge in [-0.15, -0.1) is 0 Å². The van der Waals surface area contributed by atoms with Crippen LogP contribution in [0.3, 0.4) is 0 Å². The van der Waals surface area contributed by atoms with Gasteiger partial charge in [-0.1, -0.05) is 37.6 Å². The van der Waals surface area contributed by atoms with Crippen molar-refractivity contribution in [1.29, 1.82) is 0 Å². The molecule has 0 aromatic rings. The number of unbranched alkanes of at least 4 members (excludes halogenated alkanes) is 2. The summed E-state index contributed by atoms with van der Waals surface area (Å²) in [6, 6.07) is 0. The highest BCUT2D eigenvalue weighted by atomic mass is 15.1. The van der Waals surface area contributed by atoms with Gasteiger partial charge in [0.25, 0.3) is 0 Å². The van der Waals surface area contributed by atoms with Gasteiger partial charge in [0.2, 0.25) is 0 Å². The molecule has 0 amide bonds. The molecule has 0 aromatic carbocycles. The van der Waals surface area contributed by atoms with Gasteiger partial charge in [0, 0.05) is 6.54 Å².